The lowest BCUT2D eigenvalue weighted by atomic mass is 10.1. The summed E-state index contributed by atoms with van der Waals surface area (Å²) in [5, 5.41) is 7.28. The first-order chi connectivity index (χ1) is 15.3. The number of halogens is 1. The van der Waals surface area contributed by atoms with Gasteiger partial charge < -0.3 is 4.98 Å². The first-order valence-electron chi connectivity index (χ1n) is 9.34. The van der Waals surface area contributed by atoms with E-state index in [1.807, 2.05) is 18.2 Å². The van der Waals surface area contributed by atoms with Gasteiger partial charge in [0.25, 0.3) is 0 Å². The minimum Gasteiger partial charge on any atom is -0.336 e. The van der Waals surface area contributed by atoms with Crippen molar-refractivity contribution in [2.45, 2.75) is 0 Å². The standard InChI is InChI=1S/C21H12FN9/c22-16-12(11-7-23-10-24-8-11)9-27-20-15(16)19(30-31-20)21-28-14-4-6-26-17(18(14)29-21)13-3-1-2-5-25-13/h1-10H,(H,28,29)(H,27,30,31). The topological polar surface area (TPSA) is 122 Å². The van der Waals surface area contributed by atoms with Crippen LogP contribution in [0.2, 0.25) is 0 Å². The van der Waals surface area contributed by atoms with E-state index >= 15 is 4.39 Å². The zero-order valence-corrected chi connectivity index (χ0v) is 15.8. The minimum atomic E-state index is -0.480. The van der Waals surface area contributed by atoms with Crippen LogP contribution in [0.25, 0.3) is 56.1 Å². The number of H-pyrrole nitrogens is 2. The molecule has 9 nitrogen and oxygen atoms in total. The van der Waals surface area contributed by atoms with E-state index in [9.17, 15) is 0 Å². The van der Waals surface area contributed by atoms with E-state index in [0.717, 1.165) is 5.52 Å². The molecule has 0 aliphatic rings. The van der Waals surface area contributed by atoms with Crippen LogP contribution in [0, 0.1) is 5.82 Å². The van der Waals surface area contributed by atoms with E-state index in [4.69, 9.17) is 0 Å². The van der Waals surface area contributed by atoms with Gasteiger partial charge in [-0.3, -0.25) is 15.1 Å². The summed E-state index contributed by atoms with van der Waals surface area (Å²) in [5.74, 6) is -0.0827. The van der Waals surface area contributed by atoms with Crippen LogP contribution in [0.5, 0.6) is 0 Å². The molecule has 10 heteroatoms. The zero-order chi connectivity index (χ0) is 20.8. The lowest BCUT2D eigenvalue weighted by Crippen LogP contribution is -1.92. The van der Waals surface area contributed by atoms with Crippen LogP contribution in [0.4, 0.5) is 4.39 Å². The average molecular weight is 409 g/mol. The Bertz CT molecular complexity index is 1540. The summed E-state index contributed by atoms with van der Waals surface area (Å²) >= 11 is 0. The van der Waals surface area contributed by atoms with Gasteiger partial charge in [0.05, 0.1) is 16.6 Å². The van der Waals surface area contributed by atoms with E-state index < -0.39 is 5.82 Å². The van der Waals surface area contributed by atoms with E-state index in [-0.39, 0.29) is 10.9 Å². The Kier molecular flexibility index (Phi) is 3.75. The molecule has 0 amide bonds. The molecule has 0 radical (unpaired) electrons. The van der Waals surface area contributed by atoms with Gasteiger partial charge in [-0.1, -0.05) is 6.07 Å². The number of pyridine rings is 3. The summed E-state index contributed by atoms with van der Waals surface area (Å²) in [6, 6.07) is 7.38. The van der Waals surface area contributed by atoms with Gasteiger partial charge >= 0.3 is 0 Å². The maximum Gasteiger partial charge on any atom is 0.159 e. The van der Waals surface area contributed by atoms with Gasteiger partial charge in [0.1, 0.15) is 29.0 Å². The number of rotatable bonds is 3. The molecule has 31 heavy (non-hydrogen) atoms. The third-order valence-corrected chi connectivity index (χ3v) is 4.93. The van der Waals surface area contributed by atoms with Gasteiger partial charge in [-0.25, -0.2) is 24.3 Å². The third kappa shape index (κ3) is 2.73. The van der Waals surface area contributed by atoms with Crippen LogP contribution in [-0.4, -0.2) is 45.1 Å². The molecule has 0 saturated heterocycles. The Morgan fingerprint density at radius 2 is 1.77 bits per heavy atom. The Labute approximate surface area is 173 Å². The van der Waals surface area contributed by atoms with E-state index in [2.05, 4.69) is 45.1 Å². The maximum absolute atomic E-state index is 15.5. The average Bonchev–Trinajstić information content (AvgIpc) is 3.45. The molecule has 2 N–H and O–H groups in total. The van der Waals surface area contributed by atoms with Crippen molar-refractivity contribution in [2.24, 2.45) is 0 Å². The van der Waals surface area contributed by atoms with Gasteiger partial charge in [0.2, 0.25) is 0 Å². The Morgan fingerprint density at radius 1 is 0.871 bits per heavy atom. The van der Waals surface area contributed by atoms with Crippen LogP contribution in [0.1, 0.15) is 0 Å². The normalized spacial score (nSPS) is 11.4. The number of nitrogens with zero attached hydrogens (tertiary/aromatic N) is 7. The number of hydrogen-bond acceptors (Lipinski definition) is 7. The molecule has 0 atom stereocenters. The molecule has 6 heterocycles. The molecule has 0 unspecified atom stereocenters. The molecule has 0 aromatic carbocycles. The van der Waals surface area contributed by atoms with Crippen LogP contribution < -0.4 is 0 Å². The Hall–Kier alpha value is -4.60. The maximum atomic E-state index is 15.5. The lowest BCUT2D eigenvalue weighted by Gasteiger charge is -2.03. The molecule has 0 spiro atoms. The van der Waals surface area contributed by atoms with Crippen molar-refractivity contribution in [1.29, 1.82) is 0 Å². The van der Waals surface area contributed by atoms with Crippen molar-refractivity contribution < 1.29 is 4.39 Å². The van der Waals surface area contributed by atoms with Crippen LogP contribution in [0.3, 0.4) is 0 Å². The second-order valence-corrected chi connectivity index (χ2v) is 6.76. The van der Waals surface area contributed by atoms with Crippen LogP contribution >= 0.6 is 0 Å². The highest BCUT2D eigenvalue weighted by molar-refractivity contribution is 5.96. The fourth-order valence-corrected chi connectivity index (χ4v) is 3.50. The van der Waals surface area contributed by atoms with Crippen molar-refractivity contribution in [3.8, 4) is 34.0 Å². The Morgan fingerprint density at radius 3 is 2.61 bits per heavy atom. The number of nitrogens with one attached hydrogen (secondary N) is 2. The molecule has 0 bridgehead atoms. The van der Waals surface area contributed by atoms with Gasteiger partial charge in [-0.15, -0.1) is 0 Å². The predicted molar refractivity (Wildman–Crippen MR) is 111 cm³/mol. The molecule has 6 aromatic rings. The monoisotopic (exact) mass is 409 g/mol. The third-order valence-electron chi connectivity index (χ3n) is 4.93. The molecule has 0 fully saturated rings. The van der Waals surface area contributed by atoms with Crippen molar-refractivity contribution in [3.63, 3.8) is 0 Å². The molecule has 6 rings (SSSR count). The molecule has 6 aromatic heterocycles. The van der Waals surface area contributed by atoms with Gasteiger partial charge in [0, 0.05) is 42.1 Å². The number of imidazole rings is 1. The van der Waals surface area contributed by atoms with E-state index in [1.54, 1.807) is 18.5 Å². The van der Waals surface area contributed by atoms with Crippen molar-refractivity contribution in [2.75, 3.05) is 0 Å². The highest BCUT2D eigenvalue weighted by Gasteiger charge is 2.21. The first-order valence-corrected chi connectivity index (χ1v) is 9.34. The minimum absolute atomic E-state index is 0.229. The summed E-state index contributed by atoms with van der Waals surface area (Å²) < 4.78 is 15.5. The molecule has 0 saturated carbocycles. The number of aromatic nitrogens is 9. The van der Waals surface area contributed by atoms with Crippen LogP contribution in [-0.2, 0) is 0 Å². The molecule has 0 aliphatic carbocycles. The largest absolute Gasteiger partial charge is 0.336 e. The second kappa shape index (κ2) is 6.73. The van der Waals surface area contributed by atoms with Crippen molar-refractivity contribution in [3.05, 3.63) is 67.4 Å². The fourth-order valence-electron chi connectivity index (χ4n) is 3.50. The number of hydrogen-bond donors (Lipinski definition) is 2. The predicted octanol–water partition coefficient (Wildman–Crippen LogP) is 3.55. The summed E-state index contributed by atoms with van der Waals surface area (Å²) in [4.78, 5) is 28.9. The molecular formula is C21H12FN9. The van der Waals surface area contributed by atoms with E-state index in [1.165, 1.54) is 24.9 Å². The number of aromatic amines is 2. The molecule has 148 valence electrons. The molecule has 0 aliphatic heterocycles. The highest BCUT2D eigenvalue weighted by Crippen LogP contribution is 2.33. The van der Waals surface area contributed by atoms with Gasteiger partial charge in [-0.2, -0.15) is 5.10 Å². The first kappa shape index (κ1) is 17.3. The summed E-state index contributed by atoms with van der Waals surface area (Å²) in [6.45, 7) is 0. The summed E-state index contributed by atoms with van der Waals surface area (Å²) in [5.41, 5.74) is 4.11. The van der Waals surface area contributed by atoms with Crippen molar-refractivity contribution in [1.82, 2.24) is 45.1 Å². The second-order valence-electron chi connectivity index (χ2n) is 6.76. The number of fused-ring (bicyclic) bond motifs is 2. The Balaban J connectivity index is 1.56. The fraction of sp³-hybridized carbons (Fsp3) is 0. The SMILES string of the molecule is Fc1c(-c2cncnc2)cnc2[nH]nc(-c3nc4c(-c5ccccn5)nccc4[nH]3)c12. The zero-order valence-electron chi connectivity index (χ0n) is 15.8. The summed E-state index contributed by atoms with van der Waals surface area (Å²) in [7, 11) is 0. The van der Waals surface area contributed by atoms with Crippen LogP contribution in [0.15, 0.2) is 61.6 Å². The van der Waals surface area contributed by atoms with E-state index in [0.29, 0.717) is 39.6 Å². The smallest absolute Gasteiger partial charge is 0.159 e. The lowest BCUT2D eigenvalue weighted by molar-refractivity contribution is 0.642. The quantitative estimate of drug-likeness (QED) is 0.458. The van der Waals surface area contributed by atoms with Gasteiger partial charge in [0.15, 0.2) is 11.5 Å². The molecular weight excluding hydrogens is 397 g/mol. The summed E-state index contributed by atoms with van der Waals surface area (Å²) in [6.07, 6.45) is 9.25. The highest BCUT2D eigenvalue weighted by atomic mass is 19.1. The van der Waals surface area contributed by atoms with Crippen molar-refractivity contribution >= 4 is 22.1 Å². The van der Waals surface area contributed by atoms with Gasteiger partial charge in [-0.05, 0) is 18.2 Å².